The van der Waals surface area contributed by atoms with Gasteiger partial charge < -0.3 is 14.5 Å². The molecule has 3 rings (SSSR count). The molecule has 0 aromatic carbocycles. The van der Waals surface area contributed by atoms with Crippen molar-refractivity contribution in [2.24, 2.45) is 0 Å². The summed E-state index contributed by atoms with van der Waals surface area (Å²) >= 11 is 0. The number of hydrogen-bond acceptors (Lipinski definition) is 4. The van der Waals surface area contributed by atoms with E-state index in [1.807, 2.05) is 4.90 Å². The van der Waals surface area contributed by atoms with Crippen LogP contribution in [0.4, 0.5) is 4.39 Å². The number of rotatable bonds is 6. The Labute approximate surface area is 142 Å². The third-order valence-corrected chi connectivity index (χ3v) is 4.91. The summed E-state index contributed by atoms with van der Waals surface area (Å²) in [6.45, 7) is 5.48. The van der Waals surface area contributed by atoms with E-state index < -0.39 is 5.82 Å². The van der Waals surface area contributed by atoms with Crippen molar-refractivity contribution in [3.8, 4) is 0 Å². The molecule has 0 bridgehead atoms. The molecule has 2 aliphatic rings. The van der Waals surface area contributed by atoms with Crippen LogP contribution in [0, 0.1) is 5.82 Å². The number of carbonyl (C=O) groups excluding carboxylic acids is 1. The maximum Gasteiger partial charge on any atom is 0.272 e. The normalized spacial score (nSPS) is 19.5. The second kappa shape index (κ2) is 8.53. The van der Waals surface area contributed by atoms with Crippen LogP contribution >= 0.6 is 0 Å². The van der Waals surface area contributed by atoms with Gasteiger partial charge in [0.1, 0.15) is 11.5 Å². The van der Waals surface area contributed by atoms with Crippen molar-refractivity contribution >= 4 is 5.91 Å². The minimum absolute atomic E-state index is 0.0941. The van der Waals surface area contributed by atoms with Gasteiger partial charge in [-0.2, -0.15) is 0 Å². The standard InChI is InChI=1S/C18H26FN3O2/c19-15-4-5-17(20-14-15)18(23)22(16-6-12-24-13-7-16)11-3-10-21-8-1-2-9-21/h4-5,14,16H,1-3,6-13H2. The van der Waals surface area contributed by atoms with Crippen LogP contribution in [0.3, 0.4) is 0 Å². The molecule has 0 radical (unpaired) electrons. The summed E-state index contributed by atoms with van der Waals surface area (Å²) in [6.07, 6.45) is 6.35. The lowest BCUT2D eigenvalue weighted by Gasteiger charge is -2.34. The van der Waals surface area contributed by atoms with Crippen molar-refractivity contribution in [3.63, 3.8) is 0 Å². The summed E-state index contributed by atoms with van der Waals surface area (Å²) in [5.41, 5.74) is 0.323. The fourth-order valence-corrected chi connectivity index (χ4v) is 3.57. The Kier molecular flexibility index (Phi) is 6.15. The average Bonchev–Trinajstić information content (AvgIpc) is 3.13. The molecule has 1 aromatic heterocycles. The predicted octanol–water partition coefficient (Wildman–Crippen LogP) is 2.33. The Morgan fingerprint density at radius 3 is 2.71 bits per heavy atom. The minimum atomic E-state index is -0.418. The molecule has 0 unspecified atom stereocenters. The Morgan fingerprint density at radius 2 is 2.04 bits per heavy atom. The highest BCUT2D eigenvalue weighted by Crippen LogP contribution is 2.18. The molecule has 1 aromatic rings. The molecule has 132 valence electrons. The van der Waals surface area contributed by atoms with Crippen molar-refractivity contribution in [2.75, 3.05) is 39.4 Å². The first-order valence-electron chi connectivity index (χ1n) is 8.96. The third kappa shape index (κ3) is 4.51. The SMILES string of the molecule is O=C(c1ccc(F)cn1)N(CCCN1CCCC1)C1CCOCC1. The van der Waals surface area contributed by atoms with Crippen LogP contribution in [-0.4, -0.2) is 66.1 Å². The number of aromatic nitrogens is 1. The number of likely N-dealkylation sites (tertiary alicyclic amines) is 1. The topological polar surface area (TPSA) is 45.7 Å². The van der Waals surface area contributed by atoms with Gasteiger partial charge in [0.15, 0.2) is 0 Å². The van der Waals surface area contributed by atoms with Crippen LogP contribution in [0.1, 0.15) is 42.6 Å². The molecule has 0 saturated carbocycles. The monoisotopic (exact) mass is 335 g/mol. The van der Waals surface area contributed by atoms with Crippen LogP contribution in [0.5, 0.6) is 0 Å². The Hall–Kier alpha value is -1.53. The number of amides is 1. The first kappa shape index (κ1) is 17.3. The predicted molar refractivity (Wildman–Crippen MR) is 89.4 cm³/mol. The highest BCUT2D eigenvalue weighted by atomic mass is 19.1. The van der Waals surface area contributed by atoms with Gasteiger partial charge >= 0.3 is 0 Å². The Bertz CT molecular complexity index is 526. The summed E-state index contributed by atoms with van der Waals surface area (Å²) in [7, 11) is 0. The van der Waals surface area contributed by atoms with Crippen molar-refractivity contribution in [1.82, 2.24) is 14.8 Å². The van der Waals surface area contributed by atoms with E-state index in [2.05, 4.69) is 9.88 Å². The molecule has 2 aliphatic heterocycles. The van der Waals surface area contributed by atoms with Crippen LogP contribution in [-0.2, 0) is 4.74 Å². The molecule has 0 spiro atoms. The maximum absolute atomic E-state index is 13.1. The van der Waals surface area contributed by atoms with Gasteiger partial charge in [0.2, 0.25) is 0 Å². The molecular weight excluding hydrogens is 309 g/mol. The number of halogens is 1. The smallest absolute Gasteiger partial charge is 0.272 e. The fraction of sp³-hybridized carbons (Fsp3) is 0.667. The zero-order valence-electron chi connectivity index (χ0n) is 14.1. The molecule has 2 saturated heterocycles. The van der Waals surface area contributed by atoms with Crippen LogP contribution < -0.4 is 0 Å². The van der Waals surface area contributed by atoms with E-state index in [0.717, 1.165) is 38.5 Å². The summed E-state index contributed by atoms with van der Waals surface area (Å²) < 4.78 is 18.5. The largest absolute Gasteiger partial charge is 0.381 e. The average molecular weight is 335 g/mol. The molecule has 1 amide bonds. The summed E-state index contributed by atoms with van der Waals surface area (Å²) in [6, 6.07) is 2.97. The molecule has 0 atom stereocenters. The lowest BCUT2D eigenvalue weighted by atomic mass is 10.1. The lowest BCUT2D eigenvalue weighted by molar-refractivity contribution is 0.0278. The molecular formula is C18H26FN3O2. The minimum Gasteiger partial charge on any atom is -0.381 e. The van der Waals surface area contributed by atoms with Crippen LogP contribution in [0.25, 0.3) is 0 Å². The van der Waals surface area contributed by atoms with E-state index in [9.17, 15) is 9.18 Å². The van der Waals surface area contributed by atoms with Gasteiger partial charge in [-0.05, 0) is 63.9 Å². The zero-order chi connectivity index (χ0) is 16.8. The lowest BCUT2D eigenvalue weighted by Crippen LogP contribution is -2.45. The quantitative estimate of drug-likeness (QED) is 0.800. The van der Waals surface area contributed by atoms with Gasteiger partial charge in [-0.3, -0.25) is 4.79 Å². The van der Waals surface area contributed by atoms with E-state index in [1.54, 1.807) is 0 Å². The number of ether oxygens (including phenoxy) is 1. The number of pyridine rings is 1. The van der Waals surface area contributed by atoms with Crippen molar-refractivity contribution in [3.05, 3.63) is 29.8 Å². The van der Waals surface area contributed by atoms with E-state index in [4.69, 9.17) is 4.74 Å². The Balaban J connectivity index is 1.63. The number of nitrogens with zero attached hydrogens (tertiary/aromatic N) is 3. The summed E-state index contributed by atoms with van der Waals surface area (Å²) in [5.74, 6) is -0.512. The zero-order valence-corrected chi connectivity index (χ0v) is 14.1. The highest BCUT2D eigenvalue weighted by Gasteiger charge is 2.27. The van der Waals surface area contributed by atoms with Gasteiger partial charge in [0, 0.05) is 25.8 Å². The molecule has 3 heterocycles. The molecule has 24 heavy (non-hydrogen) atoms. The van der Waals surface area contributed by atoms with Crippen molar-refractivity contribution in [1.29, 1.82) is 0 Å². The van der Waals surface area contributed by atoms with Crippen molar-refractivity contribution in [2.45, 2.75) is 38.1 Å². The van der Waals surface area contributed by atoms with E-state index in [0.29, 0.717) is 18.9 Å². The van der Waals surface area contributed by atoms with Gasteiger partial charge in [0.25, 0.3) is 5.91 Å². The van der Waals surface area contributed by atoms with Gasteiger partial charge in [-0.15, -0.1) is 0 Å². The number of hydrogen-bond donors (Lipinski definition) is 0. The second-order valence-electron chi connectivity index (χ2n) is 6.61. The number of carbonyl (C=O) groups is 1. The van der Waals surface area contributed by atoms with E-state index in [1.165, 1.54) is 38.1 Å². The first-order chi connectivity index (χ1) is 11.7. The molecule has 2 fully saturated rings. The highest BCUT2D eigenvalue weighted by molar-refractivity contribution is 5.92. The molecule has 5 nitrogen and oxygen atoms in total. The third-order valence-electron chi connectivity index (χ3n) is 4.91. The summed E-state index contributed by atoms with van der Waals surface area (Å²) in [5, 5.41) is 0. The Morgan fingerprint density at radius 1 is 1.29 bits per heavy atom. The van der Waals surface area contributed by atoms with Gasteiger partial charge in [-0.1, -0.05) is 0 Å². The maximum atomic E-state index is 13.1. The summed E-state index contributed by atoms with van der Waals surface area (Å²) in [4.78, 5) is 21.2. The molecule has 6 heteroatoms. The first-order valence-corrected chi connectivity index (χ1v) is 8.96. The van der Waals surface area contributed by atoms with E-state index in [-0.39, 0.29) is 11.9 Å². The van der Waals surface area contributed by atoms with Crippen LogP contribution in [0.15, 0.2) is 18.3 Å². The van der Waals surface area contributed by atoms with Gasteiger partial charge in [-0.25, -0.2) is 9.37 Å². The fourth-order valence-electron chi connectivity index (χ4n) is 3.57. The molecule has 0 N–H and O–H groups in total. The van der Waals surface area contributed by atoms with Crippen LogP contribution in [0.2, 0.25) is 0 Å². The van der Waals surface area contributed by atoms with Gasteiger partial charge in [0.05, 0.1) is 6.20 Å². The molecule has 0 aliphatic carbocycles. The van der Waals surface area contributed by atoms with Crippen molar-refractivity contribution < 1.29 is 13.9 Å². The second-order valence-corrected chi connectivity index (χ2v) is 6.61. The van der Waals surface area contributed by atoms with E-state index >= 15 is 0 Å².